The molecule has 0 aliphatic rings. The number of carbonyl (C=O) groups excluding carboxylic acids is 1. The van der Waals surface area contributed by atoms with Gasteiger partial charge in [-0.2, -0.15) is 0 Å². The number of ether oxygens (including phenoxy) is 1. The van der Waals surface area contributed by atoms with Gasteiger partial charge in [-0.25, -0.2) is 4.79 Å². The van der Waals surface area contributed by atoms with E-state index in [-0.39, 0.29) is 5.97 Å². The maximum Gasteiger partial charge on any atom is 0.327 e. The zero-order valence-corrected chi connectivity index (χ0v) is 12.8. The summed E-state index contributed by atoms with van der Waals surface area (Å²) in [4.78, 5) is 11.9. The number of thioether (sulfide) groups is 1. The second-order valence-corrected chi connectivity index (χ2v) is 6.03. The van der Waals surface area contributed by atoms with E-state index in [1.807, 2.05) is 36.6 Å². The summed E-state index contributed by atoms with van der Waals surface area (Å²) in [6.07, 6.45) is 1.96. The van der Waals surface area contributed by atoms with Gasteiger partial charge in [0.1, 0.15) is 11.0 Å². The summed E-state index contributed by atoms with van der Waals surface area (Å²) in [6.45, 7) is 0.479. The van der Waals surface area contributed by atoms with Crippen molar-refractivity contribution in [2.45, 2.75) is 16.9 Å². The molecule has 20 heavy (non-hydrogen) atoms. The Hall–Kier alpha value is -1.44. The molecule has 0 radical (unpaired) electrons. The zero-order valence-electron chi connectivity index (χ0n) is 11.2. The van der Waals surface area contributed by atoms with Crippen molar-refractivity contribution in [3.05, 3.63) is 40.9 Å². The first-order chi connectivity index (χ1) is 9.74. The van der Waals surface area contributed by atoms with Crippen molar-refractivity contribution < 1.29 is 9.53 Å². The Morgan fingerprint density at radius 3 is 2.75 bits per heavy atom. The molecule has 1 unspecified atom stereocenters. The SMILES string of the molecule is COC(=O)C(NCc1nnc(SC)s1)c1ccccc1. The second-order valence-electron chi connectivity index (χ2n) is 3.91. The standard InChI is InChI=1S/C13H15N3O2S2/c1-18-12(17)11(9-6-4-3-5-7-9)14-8-10-15-16-13(19-2)20-10/h3-7,11,14H,8H2,1-2H3. The monoisotopic (exact) mass is 309 g/mol. The maximum absolute atomic E-state index is 11.9. The van der Waals surface area contributed by atoms with E-state index in [4.69, 9.17) is 4.74 Å². The van der Waals surface area contributed by atoms with Crippen molar-refractivity contribution in [2.75, 3.05) is 13.4 Å². The highest BCUT2D eigenvalue weighted by molar-refractivity contribution is 8.00. The van der Waals surface area contributed by atoms with Crippen LogP contribution in [0.1, 0.15) is 16.6 Å². The van der Waals surface area contributed by atoms with Gasteiger partial charge in [0, 0.05) is 0 Å². The number of esters is 1. The molecular weight excluding hydrogens is 294 g/mol. The van der Waals surface area contributed by atoms with Crippen LogP contribution in [0, 0.1) is 0 Å². The Kier molecular flexibility index (Phi) is 5.51. The average molecular weight is 309 g/mol. The van der Waals surface area contributed by atoms with E-state index in [0.29, 0.717) is 6.54 Å². The minimum atomic E-state index is -0.497. The van der Waals surface area contributed by atoms with Crippen LogP contribution in [0.3, 0.4) is 0 Å². The quantitative estimate of drug-likeness (QED) is 0.652. The fourth-order valence-corrected chi connectivity index (χ4v) is 2.95. The van der Waals surface area contributed by atoms with Gasteiger partial charge in [0.25, 0.3) is 0 Å². The number of hydrogen-bond donors (Lipinski definition) is 1. The first-order valence-corrected chi connectivity index (χ1v) is 8.01. The van der Waals surface area contributed by atoms with Crippen LogP contribution in [0.5, 0.6) is 0 Å². The maximum atomic E-state index is 11.9. The molecule has 0 saturated heterocycles. The van der Waals surface area contributed by atoms with E-state index in [9.17, 15) is 4.79 Å². The van der Waals surface area contributed by atoms with Crippen LogP contribution in [0.2, 0.25) is 0 Å². The van der Waals surface area contributed by atoms with Gasteiger partial charge in [-0.3, -0.25) is 5.32 Å². The highest BCUT2D eigenvalue weighted by atomic mass is 32.2. The van der Waals surface area contributed by atoms with Crippen molar-refractivity contribution >= 4 is 29.1 Å². The van der Waals surface area contributed by atoms with Gasteiger partial charge in [0.05, 0.1) is 13.7 Å². The lowest BCUT2D eigenvalue weighted by Crippen LogP contribution is -2.29. The molecule has 2 aromatic rings. The van der Waals surface area contributed by atoms with Gasteiger partial charge in [0.2, 0.25) is 0 Å². The number of aromatic nitrogens is 2. The molecule has 0 saturated carbocycles. The summed E-state index contributed by atoms with van der Waals surface area (Å²) in [5, 5.41) is 12.1. The molecule has 1 aromatic carbocycles. The first-order valence-electron chi connectivity index (χ1n) is 5.97. The van der Waals surface area contributed by atoms with Gasteiger partial charge < -0.3 is 4.74 Å². The molecule has 0 spiro atoms. The number of carbonyl (C=O) groups is 1. The molecule has 0 aliphatic carbocycles. The molecule has 1 atom stereocenters. The summed E-state index contributed by atoms with van der Waals surface area (Å²) in [7, 11) is 1.39. The minimum absolute atomic E-state index is 0.314. The van der Waals surface area contributed by atoms with Crippen LogP contribution in [0.15, 0.2) is 34.7 Å². The zero-order chi connectivity index (χ0) is 14.4. The van der Waals surface area contributed by atoms with Gasteiger partial charge >= 0.3 is 5.97 Å². The van der Waals surface area contributed by atoms with E-state index in [2.05, 4.69) is 15.5 Å². The molecule has 2 rings (SSSR count). The number of rotatable bonds is 6. The Bertz CT molecular complexity index is 560. The summed E-state index contributed by atoms with van der Waals surface area (Å²) in [6, 6.07) is 8.98. The van der Waals surface area contributed by atoms with Crippen molar-refractivity contribution in [1.82, 2.24) is 15.5 Å². The summed E-state index contributed by atoms with van der Waals surface area (Å²) < 4.78 is 5.76. The van der Waals surface area contributed by atoms with Gasteiger partial charge in [0.15, 0.2) is 4.34 Å². The number of hydrogen-bond acceptors (Lipinski definition) is 7. The van der Waals surface area contributed by atoms with Crippen LogP contribution in [-0.2, 0) is 16.1 Å². The molecule has 7 heteroatoms. The fourth-order valence-electron chi connectivity index (χ4n) is 1.68. The summed E-state index contributed by atoms with van der Waals surface area (Å²) >= 11 is 3.07. The third-order valence-electron chi connectivity index (χ3n) is 2.65. The molecule has 1 heterocycles. The summed E-state index contributed by atoms with van der Waals surface area (Å²) in [5.74, 6) is -0.314. The molecule has 1 aromatic heterocycles. The molecule has 1 N–H and O–H groups in total. The second kappa shape index (κ2) is 7.37. The van der Waals surface area contributed by atoms with Crippen molar-refractivity contribution in [2.24, 2.45) is 0 Å². The molecule has 106 valence electrons. The van der Waals surface area contributed by atoms with E-state index in [1.165, 1.54) is 18.4 Å². The Morgan fingerprint density at radius 1 is 1.40 bits per heavy atom. The largest absolute Gasteiger partial charge is 0.468 e. The molecule has 0 fully saturated rings. The van der Waals surface area contributed by atoms with Crippen molar-refractivity contribution in [3.8, 4) is 0 Å². The van der Waals surface area contributed by atoms with E-state index in [1.54, 1.807) is 11.8 Å². The highest BCUT2D eigenvalue weighted by Gasteiger charge is 2.21. The number of nitrogens with one attached hydrogen (secondary N) is 1. The topological polar surface area (TPSA) is 64.1 Å². The molecule has 0 bridgehead atoms. The molecule has 0 amide bonds. The predicted octanol–water partition coefficient (Wildman–Crippen LogP) is 2.26. The normalized spacial score (nSPS) is 12.1. The van der Waals surface area contributed by atoms with E-state index < -0.39 is 6.04 Å². The Labute approximate surface area is 125 Å². The van der Waals surface area contributed by atoms with Crippen LogP contribution in [0.4, 0.5) is 0 Å². The first kappa shape index (κ1) is 15.0. The molecule has 5 nitrogen and oxygen atoms in total. The lowest BCUT2D eigenvalue weighted by molar-refractivity contribution is -0.143. The minimum Gasteiger partial charge on any atom is -0.468 e. The molecule has 0 aliphatic heterocycles. The Balaban J connectivity index is 2.07. The average Bonchev–Trinajstić information content (AvgIpc) is 2.96. The van der Waals surface area contributed by atoms with Crippen LogP contribution in [0.25, 0.3) is 0 Å². The van der Waals surface area contributed by atoms with Crippen molar-refractivity contribution in [1.29, 1.82) is 0 Å². The number of nitrogens with zero attached hydrogens (tertiary/aromatic N) is 2. The van der Waals surface area contributed by atoms with Crippen molar-refractivity contribution in [3.63, 3.8) is 0 Å². The third-order valence-corrected chi connectivity index (χ3v) is 4.55. The number of methoxy groups -OCH3 is 1. The molecular formula is C13H15N3O2S2. The van der Waals surface area contributed by atoms with E-state index in [0.717, 1.165) is 14.9 Å². The fraction of sp³-hybridized carbons (Fsp3) is 0.308. The van der Waals surface area contributed by atoms with E-state index >= 15 is 0 Å². The van der Waals surface area contributed by atoms with Crippen LogP contribution >= 0.6 is 23.1 Å². The smallest absolute Gasteiger partial charge is 0.327 e. The third kappa shape index (κ3) is 3.78. The predicted molar refractivity (Wildman–Crippen MR) is 79.7 cm³/mol. The Morgan fingerprint density at radius 2 is 2.15 bits per heavy atom. The lowest BCUT2D eigenvalue weighted by atomic mass is 10.1. The highest BCUT2D eigenvalue weighted by Crippen LogP contribution is 2.20. The van der Waals surface area contributed by atoms with Crippen LogP contribution < -0.4 is 5.32 Å². The van der Waals surface area contributed by atoms with Gasteiger partial charge in [-0.15, -0.1) is 10.2 Å². The number of benzene rings is 1. The van der Waals surface area contributed by atoms with Gasteiger partial charge in [-0.1, -0.05) is 53.4 Å². The lowest BCUT2D eigenvalue weighted by Gasteiger charge is -2.15. The van der Waals surface area contributed by atoms with Gasteiger partial charge in [-0.05, 0) is 11.8 Å². The van der Waals surface area contributed by atoms with Crippen LogP contribution in [-0.4, -0.2) is 29.5 Å². The summed E-state index contributed by atoms with van der Waals surface area (Å²) in [5.41, 5.74) is 0.869.